The molecule has 2 atom stereocenters. The van der Waals surface area contributed by atoms with Crippen molar-refractivity contribution in [2.75, 3.05) is 26.2 Å². The van der Waals surface area contributed by atoms with E-state index in [4.69, 9.17) is 11.6 Å². The first-order valence-corrected chi connectivity index (χ1v) is 7.28. The SMILES string of the molecule is O=C(c1cccc(Br)c1Cl)N1C[C@H]2CNC[C@H]2C1. The summed E-state index contributed by atoms with van der Waals surface area (Å²) in [6.45, 7) is 3.75. The minimum absolute atomic E-state index is 0.0516. The van der Waals surface area contributed by atoms with E-state index in [1.165, 1.54) is 0 Å². The van der Waals surface area contributed by atoms with Gasteiger partial charge in [-0.2, -0.15) is 0 Å². The Kier molecular flexibility index (Phi) is 3.34. The van der Waals surface area contributed by atoms with Crippen molar-refractivity contribution in [3.63, 3.8) is 0 Å². The molecule has 2 aliphatic rings. The topological polar surface area (TPSA) is 32.3 Å². The van der Waals surface area contributed by atoms with E-state index in [9.17, 15) is 4.79 Å². The number of hydrogen-bond acceptors (Lipinski definition) is 2. The van der Waals surface area contributed by atoms with Crippen LogP contribution in [0.1, 0.15) is 10.4 Å². The third-order valence-corrected chi connectivity index (χ3v) is 5.16. The summed E-state index contributed by atoms with van der Waals surface area (Å²) in [7, 11) is 0. The number of halogens is 2. The predicted octanol–water partition coefficient (Wildman–Crippen LogP) is 2.39. The number of hydrogen-bond donors (Lipinski definition) is 1. The Balaban J connectivity index is 1.81. The van der Waals surface area contributed by atoms with Crippen molar-refractivity contribution < 1.29 is 4.79 Å². The Morgan fingerprint density at radius 3 is 2.67 bits per heavy atom. The first-order valence-electron chi connectivity index (χ1n) is 6.11. The van der Waals surface area contributed by atoms with Crippen LogP contribution in [-0.2, 0) is 0 Å². The van der Waals surface area contributed by atoms with Crippen LogP contribution < -0.4 is 5.32 Å². The van der Waals surface area contributed by atoms with Gasteiger partial charge >= 0.3 is 0 Å². The summed E-state index contributed by atoms with van der Waals surface area (Å²) in [6.07, 6.45) is 0. The zero-order chi connectivity index (χ0) is 12.7. The highest BCUT2D eigenvalue weighted by atomic mass is 79.9. The first kappa shape index (κ1) is 12.5. The van der Waals surface area contributed by atoms with E-state index in [1.807, 2.05) is 17.0 Å². The Bertz CT molecular complexity index is 482. The predicted molar refractivity (Wildman–Crippen MR) is 74.9 cm³/mol. The molecule has 2 aliphatic heterocycles. The molecule has 3 rings (SSSR count). The van der Waals surface area contributed by atoms with Crippen molar-refractivity contribution in [2.45, 2.75) is 0 Å². The van der Waals surface area contributed by atoms with Gasteiger partial charge in [0.15, 0.2) is 0 Å². The number of amides is 1. The van der Waals surface area contributed by atoms with Gasteiger partial charge in [0.2, 0.25) is 0 Å². The van der Waals surface area contributed by atoms with Crippen LogP contribution in [0, 0.1) is 11.8 Å². The molecule has 96 valence electrons. The summed E-state index contributed by atoms with van der Waals surface area (Å²) < 4.78 is 0.774. The minimum Gasteiger partial charge on any atom is -0.338 e. The molecule has 3 nitrogen and oxygen atoms in total. The lowest BCUT2D eigenvalue weighted by molar-refractivity contribution is 0.0782. The van der Waals surface area contributed by atoms with E-state index < -0.39 is 0 Å². The minimum atomic E-state index is 0.0516. The second kappa shape index (κ2) is 4.83. The fraction of sp³-hybridized carbons (Fsp3) is 0.462. The number of benzene rings is 1. The largest absolute Gasteiger partial charge is 0.338 e. The van der Waals surface area contributed by atoms with Crippen LogP contribution >= 0.6 is 27.5 Å². The lowest BCUT2D eigenvalue weighted by Crippen LogP contribution is -2.32. The molecule has 2 heterocycles. The van der Waals surface area contributed by atoms with Gasteiger partial charge in [-0.1, -0.05) is 17.7 Å². The monoisotopic (exact) mass is 328 g/mol. The smallest absolute Gasteiger partial charge is 0.255 e. The van der Waals surface area contributed by atoms with Gasteiger partial charge in [-0.05, 0) is 39.9 Å². The summed E-state index contributed by atoms with van der Waals surface area (Å²) in [6, 6.07) is 5.49. The van der Waals surface area contributed by atoms with Crippen LogP contribution in [0.15, 0.2) is 22.7 Å². The molecule has 1 N–H and O–H groups in total. The maximum absolute atomic E-state index is 12.5. The second-order valence-electron chi connectivity index (χ2n) is 4.99. The van der Waals surface area contributed by atoms with Crippen molar-refractivity contribution >= 4 is 33.4 Å². The maximum Gasteiger partial charge on any atom is 0.255 e. The zero-order valence-corrected chi connectivity index (χ0v) is 12.2. The normalized spacial score (nSPS) is 26.4. The van der Waals surface area contributed by atoms with Crippen LogP contribution in [0.2, 0.25) is 5.02 Å². The third kappa shape index (κ3) is 2.06. The average Bonchev–Trinajstić information content (AvgIpc) is 2.92. The van der Waals surface area contributed by atoms with E-state index in [0.717, 1.165) is 30.7 Å². The number of carbonyl (C=O) groups excluding carboxylic acids is 1. The van der Waals surface area contributed by atoms with Crippen LogP contribution in [0.3, 0.4) is 0 Å². The van der Waals surface area contributed by atoms with Crippen LogP contribution in [0.25, 0.3) is 0 Å². The van der Waals surface area contributed by atoms with Crippen LogP contribution in [0.5, 0.6) is 0 Å². The van der Waals surface area contributed by atoms with Crippen molar-refractivity contribution in [2.24, 2.45) is 11.8 Å². The highest BCUT2D eigenvalue weighted by molar-refractivity contribution is 9.10. The molecule has 2 saturated heterocycles. The fourth-order valence-corrected chi connectivity index (χ4v) is 3.43. The number of fused-ring (bicyclic) bond motifs is 1. The molecule has 0 unspecified atom stereocenters. The Labute approximate surface area is 120 Å². The highest BCUT2D eigenvalue weighted by Gasteiger charge is 2.38. The zero-order valence-electron chi connectivity index (χ0n) is 9.83. The average molecular weight is 330 g/mol. The summed E-state index contributed by atoms with van der Waals surface area (Å²) in [5, 5.41) is 3.88. The Hall–Kier alpha value is -0.580. The molecule has 1 aromatic rings. The Morgan fingerprint density at radius 1 is 1.33 bits per heavy atom. The van der Waals surface area contributed by atoms with Crippen molar-refractivity contribution in [1.82, 2.24) is 10.2 Å². The van der Waals surface area contributed by atoms with E-state index >= 15 is 0 Å². The van der Waals surface area contributed by atoms with Gasteiger partial charge in [0.05, 0.1) is 10.6 Å². The summed E-state index contributed by atoms with van der Waals surface area (Å²) >= 11 is 9.54. The van der Waals surface area contributed by atoms with Gasteiger partial charge in [-0.25, -0.2) is 0 Å². The molecular weight excluding hydrogens is 316 g/mol. The summed E-state index contributed by atoms with van der Waals surface area (Å²) in [5.74, 6) is 1.27. The van der Waals surface area contributed by atoms with Gasteiger partial charge in [-0.15, -0.1) is 0 Å². The van der Waals surface area contributed by atoms with Gasteiger partial charge in [0, 0.05) is 30.7 Å². The Morgan fingerprint density at radius 2 is 2.00 bits per heavy atom. The highest BCUT2D eigenvalue weighted by Crippen LogP contribution is 2.31. The van der Waals surface area contributed by atoms with Gasteiger partial charge in [0.25, 0.3) is 5.91 Å². The molecule has 1 amide bonds. The number of nitrogens with one attached hydrogen (secondary N) is 1. The van der Waals surface area contributed by atoms with Crippen molar-refractivity contribution in [3.8, 4) is 0 Å². The van der Waals surface area contributed by atoms with Crippen molar-refractivity contribution in [3.05, 3.63) is 33.3 Å². The standard InChI is InChI=1S/C13H14BrClN2O/c14-11-3-1-2-10(12(11)15)13(18)17-6-8-4-16-5-9(8)7-17/h1-3,8-9,16H,4-7H2/t8-,9+. The number of likely N-dealkylation sites (tertiary alicyclic amines) is 1. The summed E-state index contributed by atoms with van der Waals surface area (Å²) in [4.78, 5) is 14.4. The molecule has 0 aliphatic carbocycles. The molecule has 18 heavy (non-hydrogen) atoms. The lowest BCUT2D eigenvalue weighted by atomic mass is 10.0. The molecule has 0 bridgehead atoms. The first-order chi connectivity index (χ1) is 8.66. The third-order valence-electron chi connectivity index (χ3n) is 3.86. The number of nitrogens with zero attached hydrogens (tertiary/aromatic N) is 1. The van der Waals surface area contributed by atoms with E-state index in [1.54, 1.807) is 6.07 Å². The van der Waals surface area contributed by atoms with Crippen LogP contribution in [0.4, 0.5) is 0 Å². The maximum atomic E-state index is 12.5. The van der Waals surface area contributed by atoms with E-state index in [2.05, 4.69) is 21.2 Å². The molecule has 2 fully saturated rings. The summed E-state index contributed by atoms with van der Waals surface area (Å²) in [5.41, 5.74) is 0.596. The second-order valence-corrected chi connectivity index (χ2v) is 6.22. The molecule has 1 aromatic carbocycles. The quantitative estimate of drug-likeness (QED) is 0.858. The van der Waals surface area contributed by atoms with Gasteiger partial charge in [-0.3, -0.25) is 4.79 Å². The fourth-order valence-electron chi connectivity index (χ4n) is 2.86. The number of carbonyl (C=O) groups is 1. The molecule has 0 saturated carbocycles. The van der Waals surface area contributed by atoms with Gasteiger partial charge in [0.1, 0.15) is 0 Å². The van der Waals surface area contributed by atoms with Gasteiger partial charge < -0.3 is 10.2 Å². The van der Waals surface area contributed by atoms with Crippen LogP contribution in [-0.4, -0.2) is 37.0 Å². The van der Waals surface area contributed by atoms with E-state index in [-0.39, 0.29) is 5.91 Å². The molecule has 0 radical (unpaired) electrons. The molecule has 0 aromatic heterocycles. The van der Waals surface area contributed by atoms with Crippen molar-refractivity contribution in [1.29, 1.82) is 0 Å². The lowest BCUT2D eigenvalue weighted by Gasteiger charge is -2.18. The molecule has 0 spiro atoms. The number of rotatable bonds is 1. The van der Waals surface area contributed by atoms with E-state index in [0.29, 0.717) is 22.4 Å². The molecular formula is C13H14BrClN2O. The molecule has 5 heteroatoms.